The molecule has 0 unspecified atom stereocenters. The van der Waals surface area contributed by atoms with Crippen molar-refractivity contribution in [3.05, 3.63) is 63.6 Å². The van der Waals surface area contributed by atoms with E-state index in [-0.39, 0.29) is 16.6 Å². The van der Waals surface area contributed by atoms with E-state index in [1.807, 2.05) is 6.07 Å². The smallest absolute Gasteiger partial charge is 0.228 e. The summed E-state index contributed by atoms with van der Waals surface area (Å²) < 4.78 is 26.7. The molecule has 0 spiro atoms. The monoisotopic (exact) mass is 350 g/mol. The summed E-state index contributed by atoms with van der Waals surface area (Å²) in [5.41, 5.74) is 1.09. The molecular formula is C15H9BrF2N2O. The lowest BCUT2D eigenvalue weighted by Gasteiger charge is -2.07. The van der Waals surface area contributed by atoms with E-state index >= 15 is 0 Å². The van der Waals surface area contributed by atoms with Crippen LogP contribution in [0.4, 0.5) is 14.5 Å². The molecule has 0 aliphatic carbocycles. The number of carbonyl (C=O) groups excluding carboxylic acids is 1. The first-order chi connectivity index (χ1) is 9.99. The predicted molar refractivity (Wildman–Crippen MR) is 77.5 cm³/mol. The minimum absolute atomic E-state index is 0.0279. The number of rotatable bonds is 3. The third kappa shape index (κ3) is 3.86. The van der Waals surface area contributed by atoms with Crippen LogP contribution in [0, 0.1) is 23.0 Å². The molecular weight excluding hydrogens is 342 g/mol. The lowest BCUT2D eigenvalue weighted by Crippen LogP contribution is -2.15. The summed E-state index contributed by atoms with van der Waals surface area (Å²) >= 11 is 2.93. The number of carbonyl (C=O) groups is 1. The first kappa shape index (κ1) is 15.1. The zero-order chi connectivity index (χ0) is 15.4. The summed E-state index contributed by atoms with van der Waals surface area (Å²) in [5, 5.41) is 11.1. The Hall–Kier alpha value is -2.26. The van der Waals surface area contributed by atoms with Crippen LogP contribution in [-0.2, 0) is 11.2 Å². The average molecular weight is 351 g/mol. The van der Waals surface area contributed by atoms with E-state index in [9.17, 15) is 13.6 Å². The van der Waals surface area contributed by atoms with Gasteiger partial charge in [0.15, 0.2) is 0 Å². The molecule has 1 amide bonds. The molecule has 0 aliphatic rings. The number of nitrogens with one attached hydrogen (secondary N) is 1. The van der Waals surface area contributed by atoms with Gasteiger partial charge in [0.2, 0.25) is 5.91 Å². The standard InChI is InChI=1S/C15H9BrF2N2O/c16-11-6-14(13(18)7-12(11)17)20-15(21)5-9-1-3-10(8-19)4-2-9/h1-4,6-7H,5H2,(H,20,21). The number of benzene rings is 2. The molecule has 1 N–H and O–H groups in total. The number of hydrogen-bond donors (Lipinski definition) is 1. The zero-order valence-electron chi connectivity index (χ0n) is 10.7. The van der Waals surface area contributed by atoms with E-state index in [1.165, 1.54) is 6.07 Å². The number of anilines is 1. The average Bonchev–Trinajstić information content (AvgIpc) is 2.45. The van der Waals surface area contributed by atoms with Crippen molar-refractivity contribution >= 4 is 27.5 Å². The van der Waals surface area contributed by atoms with Gasteiger partial charge in [-0.3, -0.25) is 4.79 Å². The summed E-state index contributed by atoms with van der Waals surface area (Å²) in [6, 6.07) is 10.3. The Morgan fingerprint density at radius 1 is 1.19 bits per heavy atom. The van der Waals surface area contributed by atoms with Crippen molar-refractivity contribution in [3.8, 4) is 6.07 Å². The maximum Gasteiger partial charge on any atom is 0.228 e. The van der Waals surface area contributed by atoms with Crippen molar-refractivity contribution in [2.75, 3.05) is 5.32 Å². The molecule has 2 aromatic rings. The van der Waals surface area contributed by atoms with Gasteiger partial charge in [0.1, 0.15) is 11.6 Å². The highest BCUT2D eigenvalue weighted by Gasteiger charge is 2.11. The van der Waals surface area contributed by atoms with Crippen LogP contribution >= 0.6 is 15.9 Å². The van der Waals surface area contributed by atoms with Crippen LogP contribution in [0.1, 0.15) is 11.1 Å². The van der Waals surface area contributed by atoms with Crippen LogP contribution < -0.4 is 5.32 Å². The number of nitriles is 1. The molecule has 21 heavy (non-hydrogen) atoms. The Labute approximate surface area is 128 Å². The van der Waals surface area contributed by atoms with E-state index in [2.05, 4.69) is 21.2 Å². The fourth-order valence-corrected chi connectivity index (χ4v) is 2.04. The molecule has 2 rings (SSSR count). The van der Waals surface area contributed by atoms with Crippen LogP contribution in [0.25, 0.3) is 0 Å². The molecule has 6 heteroatoms. The second kappa shape index (κ2) is 6.46. The van der Waals surface area contributed by atoms with Crippen molar-refractivity contribution in [1.29, 1.82) is 5.26 Å². The maximum absolute atomic E-state index is 13.5. The van der Waals surface area contributed by atoms with E-state index in [0.29, 0.717) is 17.2 Å². The molecule has 0 aromatic heterocycles. The van der Waals surface area contributed by atoms with Crippen molar-refractivity contribution in [2.45, 2.75) is 6.42 Å². The van der Waals surface area contributed by atoms with Crippen LogP contribution in [0.5, 0.6) is 0 Å². The number of amides is 1. The first-order valence-corrected chi connectivity index (χ1v) is 6.72. The molecule has 0 saturated heterocycles. The minimum atomic E-state index is -0.844. The second-order valence-corrected chi connectivity index (χ2v) is 5.13. The zero-order valence-corrected chi connectivity index (χ0v) is 12.2. The first-order valence-electron chi connectivity index (χ1n) is 5.93. The lowest BCUT2D eigenvalue weighted by molar-refractivity contribution is -0.115. The fourth-order valence-electron chi connectivity index (χ4n) is 1.70. The summed E-state index contributed by atoms with van der Waals surface area (Å²) in [6.45, 7) is 0. The summed E-state index contributed by atoms with van der Waals surface area (Å²) in [5.74, 6) is -2.02. The quantitative estimate of drug-likeness (QED) is 0.856. The van der Waals surface area contributed by atoms with Gasteiger partial charge >= 0.3 is 0 Å². The summed E-state index contributed by atoms with van der Waals surface area (Å²) in [4.78, 5) is 11.8. The van der Waals surface area contributed by atoms with Gasteiger partial charge < -0.3 is 5.32 Å². The van der Waals surface area contributed by atoms with Crippen LogP contribution in [-0.4, -0.2) is 5.91 Å². The second-order valence-electron chi connectivity index (χ2n) is 4.28. The predicted octanol–water partition coefficient (Wildman–Crippen LogP) is 3.78. The Morgan fingerprint density at radius 2 is 1.86 bits per heavy atom. The maximum atomic E-state index is 13.5. The van der Waals surface area contributed by atoms with Gasteiger partial charge in [-0.1, -0.05) is 12.1 Å². The molecule has 106 valence electrons. The molecule has 3 nitrogen and oxygen atoms in total. The number of nitrogens with zero attached hydrogens (tertiary/aromatic N) is 1. The van der Waals surface area contributed by atoms with Gasteiger partial charge in [-0.15, -0.1) is 0 Å². The highest BCUT2D eigenvalue weighted by Crippen LogP contribution is 2.23. The summed E-state index contributed by atoms with van der Waals surface area (Å²) in [7, 11) is 0. The molecule has 0 fully saturated rings. The van der Waals surface area contributed by atoms with Crippen molar-refractivity contribution < 1.29 is 13.6 Å². The molecule has 0 atom stereocenters. The van der Waals surface area contributed by atoms with Gasteiger partial charge in [0, 0.05) is 6.07 Å². The van der Waals surface area contributed by atoms with Gasteiger partial charge in [-0.05, 0) is 39.7 Å². The third-order valence-corrected chi connectivity index (χ3v) is 3.34. The number of halogens is 3. The molecule has 0 aliphatic heterocycles. The van der Waals surface area contributed by atoms with Gasteiger partial charge in [-0.2, -0.15) is 5.26 Å². The fraction of sp³-hybridized carbons (Fsp3) is 0.0667. The van der Waals surface area contributed by atoms with Gasteiger partial charge in [0.05, 0.1) is 28.2 Å². The Morgan fingerprint density at radius 3 is 2.48 bits per heavy atom. The number of hydrogen-bond acceptors (Lipinski definition) is 2. The topological polar surface area (TPSA) is 52.9 Å². The Kier molecular flexibility index (Phi) is 4.66. The van der Waals surface area contributed by atoms with E-state index < -0.39 is 17.5 Å². The SMILES string of the molecule is N#Cc1ccc(CC(=O)Nc2cc(Br)c(F)cc2F)cc1. The van der Waals surface area contributed by atoms with Crippen molar-refractivity contribution in [2.24, 2.45) is 0 Å². The van der Waals surface area contributed by atoms with Crippen molar-refractivity contribution in [1.82, 2.24) is 0 Å². The highest BCUT2D eigenvalue weighted by atomic mass is 79.9. The van der Waals surface area contributed by atoms with E-state index in [0.717, 1.165) is 0 Å². The van der Waals surface area contributed by atoms with Crippen LogP contribution in [0.15, 0.2) is 40.9 Å². The Balaban J connectivity index is 2.08. The lowest BCUT2D eigenvalue weighted by atomic mass is 10.1. The molecule has 0 heterocycles. The molecule has 0 radical (unpaired) electrons. The Bertz CT molecular complexity index is 724. The van der Waals surface area contributed by atoms with E-state index in [4.69, 9.17) is 5.26 Å². The van der Waals surface area contributed by atoms with E-state index in [1.54, 1.807) is 24.3 Å². The summed E-state index contributed by atoms with van der Waals surface area (Å²) in [6.07, 6.45) is 0.0279. The highest BCUT2D eigenvalue weighted by molar-refractivity contribution is 9.10. The van der Waals surface area contributed by atoms with Crippen LogP contribution in [0.3, 0.4) is 0 Å². The largest absolute Gasteiger partial charge is 0.323 e. The molecule has 2 aromatic carbocycles. The molecule has 0 saturated carbocycles. The minimum Gasteiger partial charge on any atom is -0.323 e. The van der Waals surface area contributed by atoms with Gasteiger partial charge in [-0.25, -0.2) is 8.78 Å². The third-order valence-electron chi connectivity index (χ3n) is 2.73. The molecule has 0 bridgehead atoms. The van der Waals surface area contributed by atoms with Gasteiger partial charge in [0.25, 0.3) is 0 Å². The van der Waals surface area contributed by atoms with Crippen LogP contribution in [0.2, 0.25) is 0 Å². The normalized spacial score (nSPS) is 10.0. The van der Waals surface area contributed by atoms with Crippen molar-refractivity contribution in [3.63, 3.8) is 0 Å².